The van der Waals surface area contributed by atoms with Crippen LogP contribution in [0.2, 0.25) is 0 Å². The zero-order valence-electron chi connectivity index (χ0n) is 8.74. The summed E-state index contributed by atoms with van der Waals surface area (Å²) in [5.74, 6) is 0.326. The van der Waals surface area contributed by atoms with Crippen LogP contribution >= 0.6 is 38.9 Å². The van der Waals surface area contributed by atoms with Gasteiger partial charge in [0.15, 0.2) is 0 Å². The lowest BCUT2D eigenvalue weighted by atomic mass is 10.2. The van der Waals surface area contributed by atoms with Crippen LogP contribution < -0.4 is 5.32 Å². The lowest BCUT2D eigenvalue weighted by molar-refractivity contribution is 0.102. The predicted octanol–water partition coefficient (Wildman–Crippen LogP) is 4.50. The Hall–Kier alpha value is -0.840. The van der Waals surface area contributed by atoms with Crippen molar-refractivity contribution in [3.63, 3.8) is 0 Å². The molecule has 0 bridgehead atoms. The fraction of sp³-hybridized carbons (Fsp3) is 0.0833. The van der Waals surface area contributed by atoms with E-state index in [0.29, 0.717) is 11.4 Å². The first-order valence-electron chi connectivity index (χ1n) is 4.89. The van der Waals surface area contributed by atoms with E-state index < -0.39 is 0 Å². The molecule has 0 aliphatic carbocycles. The zero-order valence-corrected chi connectivity index (χ0v) is 11.9. The summed E-state index contributed by atoms with van der Waals surface area (Å²) in [6.07, 6.45) is 0. The van der Waals surface area contributed by atoms with Crippen molar-refractivity contribution in [2.45, 2.75) is 5.88 Å². The Bertz CT molecular complexity index is 541. The van der Waals surface area contributed by atoms with Crippen molar-refractivity contribution in [3.8, 4) is 0 Å². The quantitative estimate of drug-likeness (QED) is 0.825. The van der Waals surface area contributed by atoms with Crippen LogP contribution in [0.3, 0.4) is 0 Å². The number of benzene rings is 1. The largest absolute Gasteiger partial charge is 0.322 e. The molecule has 1 heterocycles. The molecular formula is C12H9BrClNOS. The summed E-state index contributed by atoms with van der Waals surface area (Å²) in [4.78, 5) is 11.9. The van der Waals surface area contributed by atoms with Crippen molar-refractivity contribution in [2.24, 2.45) is 0 Å². The Balaban J connectivity index is 2.12. The van der Waals surface area contributed by atoms with Gasteiger partial charge in [0.2, 0.25) is 0 Å². The maximum atomic E-state index is 11.9. The average Bonchev–Trinajstić information content (AvgIpc) is 2.76. The average molecular weight is 331 g/mol. The van der Waals surface area contributed by atoms with E-state index in [9.17, 15) is 4.79 Å². The smallest absolute Gasteiger partial charge is 0.256 e. The van der Waals surface area contributed by atoms with Gasteiger partial charge in [-0.15, -0.1) is 22.9 Å². The number of hydrogen-bond acceptors (Lipinski definition) is 2. The minimum Gasteiger partial charge on any atom is -0.322 e. The van der Waals surface area contributed by atoms with Gasteiger partial charge in [-0.25, -0.2) is 0 Å². The van der Waals surface area contributed by atoms with Crippen LogP contribution in [0.1, 0.15) is 15.9 Å². The Morgan fingerprint density at radius 1 is 1.41 bits per heavy atom. The molecule has 0 saturated carbocycles. The number of anilines is 1. The van der Waals surface area contributed by atoms with Gasteiger partial charge in [-0.1, -0.05) is 12.1 Å². The molecule has 0 saturated heterocycles. The maximum absolute atomic E-state index is 11.9. The molecule has 0 fully saturated rings. The number of halogens is 2. The van der Waals surface area contributed by atoms with Crippen LogP contribution in [0.25, 0.3) is 0 Å². The second-order valence-electron chi connectivity index (χ2n) is 3.43. The Labute approximate surface area is 117 Å². The second kappa shape index (κ2) is 5.67. The van der Waals surface area contributed by atoms with E-state index in [4.69, 9.17) is 11.6 Å². The molecule has 1 aromatic carbocycles. The van der Waals surface area contributed by atoms with E-state index in [1.165, 1.54) is 11.3 Å². The molecule has 0 aliphatic heterocycles. The summed E-state index contributed by atoms with van der Waals surface area (Å²) in [6, 6.07) is 9.30. The molecule has 2 aromatic rings. The number of rotatable bonds is 3. The highest BCUT2D eigenvalue weighted by Crippen LogP contribution is 2.21. The van der Waals surface area contributed by atoms with Crippen LogP contribution in [0.15, 0.2) is 39.5 Å². The summed E-state index contributed by atoms with van der Waals surface area (Å²) in [5.41, 5.74) is 2.39. The fourth-order valence-corrected chi connectivity index (χ4v) is 2.67. The third-order valence-corrected chi connectivity index (χ3v) is 3.98. The summed E-state index contributed by atoms with van der Waals surface area (Å²) >= 11 is 10.6. The number of nitrogens with one attached hydrogen (secondary N) is 1. The number of alkyl halides is 1. The van der Waals surface area contributed by atoms with E-state index in [2.05, 4.69) is 21.2 Å². The van der Waals surface area contributed by atoms with Gasteiger partial charge in [0.05, 0.1) is 9.35 Å². The Morgan fingerprint density at radius 3 is 2.88 bits per heavy atom. The van der Waals surface area contributed by atoms with Crippen LogP contribution in [-0.4, -0.2) is 5.91 Å². The van der Waals surface area contributed by atoms with Crippen molar-refractivity contribution in [1.29, 1.82) is 0 Å². The molecule has 0 atom stereocenters. The summed E-state index contributed by atoms with van der Waals surface area (Å²) < 4.78 is 0.942. The van der Waals surface area contributed by atoms with E-state index in [0.717, 1.165) is 15.0 Å². The van der Waals surface area contributed by atoms with Gasteiger partial charge in [-0.05, 0) is 39.7 Å². The van der Waals surface area contributed by atoms with Crippen LogP contribution in [0.5, 0.6) is 0 Å². The number of carbonyl (C=O) groups is 1. The van der Waals surface area contributed by atoms with Gasteiger partial charge >= 0.3 is 0 Å². The van der Waals surface area contributed by atoms with Crippen molar-refractivity contribution in [3.05, 3.63) is 50.6 Å². The monoisotopic (exact) mass is 329 g/mol. The molecule has 0 unspecified atom stereocenters. The molecule has 2 rings (SSSR count). The van der Waals surface area contributed by atoms with E-state index >= 15 is 0 Å². The Morgan fingerprint density at radius 2 is 2.24 bits per heavy atom. The number of hydrogen-bond donors (Lipinski definition) is 1. The van der Waals surface area contributed by atoms with Gasteiger partial charge in [0.25, 0.3) is 5.91 Å². The molecule has 17 heavy (non-hydrogen) atoms. The highest BCUT2D eigenvalue weighted by molar-refractivity contribution is 9.11. The molecule has 0 radical (unpaired) electrons. The first kappa shape index (κ1) is 12.6. The molecule has 0 spiro atoms. The molecule has 88 valence electrons. The van der Waals surface area contributed by atoms with Crippen molar-refractivity contribution in [2.75, 3.05) is 5.32 Å². The zero-order chi connectivity index (χ0) is 12.3. The van der Waals surface area contributed by atoms with Crippen molar-refractivity contribution in [1.82, 2.24) is 0 Å². The van der Waals surface area contributed by atoms with Gasteiger partial charge in [0.1, 0.15) is 0 Å². The summed E-state index contributed by atoms with van der Waals surface area (Å²) in [6.45, 7) is 0. The van der Waals surface area contributed by atoms with Crippen LogP contribution in [0, 0.1) is 0 Å². The van der Waals surface area contributed by atoms with Crippen LogP contribution in [-0.2, 0) is 5.88 Å². The molecule has 5 heteroatoms. The van der Waals surface area contributed by atoms with E-state index in [1.807, 2.05) is 29.6 Å². The molecule has 1 N–H and O–H groups in total. The first-order valence-corrected chi connectivity index (χ1v) is 7.10. The number of amides is 1. The number of carbonyl (C=O) groups excluding carboxylic acids is 1. The normalized spacial score (nSPS) is 10.2. The standard InChI is InChI=1S/C12H9BrClNOS/c13-11-5-9(7-17-11)12(16)15-10-3-1-2-8(4-10)6-14/h1-5,7H,6H2,(H,15,16). The summed E-state index contributed by atoms with van der Waals surface area (Å²) in [7, 11) is 0. The highest BCUT2D eigenvalue weighted by Gasteiger charge is 2.08. The molecule has 2 nitrogen and oxygen atoms in total. The molecular weight excluding hydrogens is 322 g/mol. The molecule has 0 aliphatic rings. The van der Waals surface area contributed by atoms with Crippen molar-refractivity contribution >= 4 is 50.5 Å². The summed E-state index contributed by atoms with van der Waals surface area (Å²) in [5, 5.41) is 4.64. The Kier molecular flexibility index (Phi) is 4.20. The maximum Gasteiger partial charge on any atom is 0.256 e. The molecule has 1 amide bonds. The third kappa shape index (κ3) is 3.31. The van der Waals surface area contributed by atoms with Crippen molar-refractivity contribution < 1.29 is 4.79 Å². The highest BCUT2D eigenvalue weighted by atomic mass is 79.9. The lowest BCUT2D eigenvalue weighted by Gasteiger charge is -2.04. The van der Waals surface area contributed by atoms with Gasteiger partial charge < -0.3 is 5.32 Å². The number of thiophene rings is 1. The van der Waals surface area contributed by atoms with E-state index in [1.54, 1.807) is 6.07 Å². The minimum atomic E-state index is -0.112. The van der Waals surface area contributed by atoms with Gasteiger partial charge in [-0.3, -0.25) is 4.79 Å². The lowest BCUT2D eigenvalue weighted by Crippen LogP contribution is -2.10. The van der Waals surface area contributed by atoms with Crippen LogP contribution in [0.4, 0.5) is 5.69 Å². The third-order valence-electron chi connectivity index (χ3n) is 2.17. The molecule has 1 aromatic heterocycles. The SMILES string of the molecule is O=C(Nc1cccc(CCl)c1)c1csc(Br)c1. The van der Waals surface area contributed by atoms with E-state index in [-0.39, 0.29) is 5.91 Å². The van der Waals surface area contributed by atoms with Gasteiger partial charge in [0, 0.05) is 16.9 Å². The fourth-order valence-electron chi connectivity index (χ4n) is 1.36. The van der Waals surface area contributed by atoms with Gasteiger partial charge in [-0.2, -0.15) is 0 Å². The minimum absolute atomic E-state index is 0.112. The first-order chi connectivity index (χ1) is 8.19. The predicted molar refractivity (Wildman–Crippen MR) is 76.0 cm³/mol. The second-order valence-corrected chi connectivity index (χ2v) is 5.99. The topological polar surface area (TPSA) is 29.1 Å².